The Bertz CT molecular complexity index is 858. The molecule has 0 fully saturated rings. The molecule has 0 atom stereocenters. The summed E-state index contributed by atoms with van der Waals surface area (Å²) in [6.45, 7) is 0. The first kappa shape index (κ1) is 15.1. The standard InChI is InChI=1S/C18H18N4OS/c1-22-15(11-14(21-22)12-7-3-2-4-8-12)17(23)20-18-19-13-9-5-6-10-16(13)24-18/h2-4,7-8,11H,5-6,9-10H2,1H3,(H,19,20,23). The molecule has 24 heavy (non-hydrogen) atoms. The summed E-state index contributed by atoms with van der Waals surface area (Å²) in [5, 5.41) is 8.07. The highest BCUT2D eigenvalue weighted by atomic mass is 32.1. The van der Waals surface area contributed by atoms with Crippen molar-refractivity contribution in [2.75, 3.05) is 5.32 Å². The molecule has 122 valence electrons. The van der Waals surface area contributed by atoms with Crippen LogP contribution in [-0.2, 0) is 19.9 Å². The van der Waals surface area contributed by atoms with E-state index >= 15 is 0 Å². The highest BCUT2D eigenvalue weighted by molar-refractivity contribution is 7.15. The Morgan fingerprint density at radius 2 is 2.00 bits per heavy atom. The van der Waals surface area contributed by atoms with Crippen LogP contribution in [0.15, 0.2) is 36.4 Å². The molecule has 2 aromatic heterocycles. The smallest absolute Gasteiger partial charge is 0.275 e. The molecule has 0 saturated heterocycles. The third kappa shape index (κ3) is 2.85. The first-order valence-electron chi connectivity index (χ1n) is 8.10. The van der Waals surface area contributed by atoms with Crippen molar-refractivity contribution < 1.29 is 4.79 Å². The zero-order valence-corrected chi connectivity index (χ0v) is 14.3. The van der Waals surface area contributed by atoms with Gasteiger partial charge in [-0.1, -0.05) is 30.3 Å². The van der Waals surface area contributed by atoms with Crippen molar-refractivity contribution >= 4 is 22.4 Å². The number of hydrogen-bond donors (Lipinski definition) is 1. The maximum atomic E-state index is 12.6. The second-order valence-electron chi connectivity index (χ2n) is 5.95. The van der Waals surface area contributed by atoms with Gasteiger partial charge in [0, 0.05) is 17.5 Å². The van der Waals surface area contributed by atoms with Gasteiger partial charge in [-0.2, -0.15) is 5.10 Å². The molecule has 1 aliphatic carbocycles. The highest BCUT2D eigenvalue weighted by Crippen LogP contribution is 2.30. The summed E-state index contributed by atoms with van der Waals surface area (Å²) in [5.74, 6) is -0.168. The number of thiazole rings is 1. The summed E-state index contributed by atoms with van der Waals surface area (Å²) < 4.78 is 1.62. The van der Waals surface area contributed by atoms with E-state index in [2.05, 4.69) is 15.4 Å². The number of fused-ring (bicyclic) bond motifs is 1. The third-order valence-corrected chi connectivity index (χ3v) is 5.32. The van der Waals surface area contributed by atoms with Gasteiger partial charge in [0.15, 0.2) is 5.13 Å². The number of benzene rings is 1. The van der Waals surface area contributed by atoms with Crippen molar-refractivity contribution in [3.63, 3.8) is 0 Å². The van der Waals surface area contributed by atoms with Crippen LogP contribution in [0.3, 0.4) is 0 Å². The molecule has 0 radical (unpaired) electrons. The summed E-state index contributed by atoms with van der Waals surface area (Å²) in [7, 11) is 1.79. The first-order chi connectivity index (χ1) is 11.7. The predicted octanol–water partition coefficient (Wildman–Crippen LogP) is 3.67. The molecule has 2 heterocycles. The normalized spacial score (nSPS) is 13.5. The van der Waals surface area contributed by atoms with Crippen LogP contribution in [0.5, 0.6) is 0 Å². The lowest BCUT2D eigenvalue weighted by molar-refractivity contribution is 0.101. The number of carbonyl (C=O) groups excluding carboxylic acids is 1. The third-order valence-electron chi connectivity index (χ3n) is 4.25. The van der Waals surface area contributed by atoms with Gasteiger partial charge in [-0.3, -0.25) is 14.8 Å². The Hall–Kier alpha value is -2.47. The average Bonchev–Trinajstić information content (AvgIpc) is 3.18. The second kappa shape index (κ2) is 6.20. The van der Waals surface area contributed by atoms with Crippen molar-refractivity contribution in [3.05, 3.63) is 52.7 Å². The van der Waals surface area contributed by atoms with E-state index in [4.69, 9.17) is 0 Å². The summed E-state index contributed by atoms with van der Waals surface area (Å²) in [5.41, 5.74) is 3.47. The quantitative estimate of drug-likeness (QED) is 0.792. The van der Waals surface area contributed by atoms with E-state index in [-0.39, 0.29) is 5.91 Å². The Labute approximate surface area is 144 Å². The number of nitrogens with zero attached hydrogens (tertiary/aromatic N) is 3. The van der Waals surface area contributed by atoms with Gasteiger partial charge in [-0.05, 0) is 31.7 Å². The van der Waals surface area contributed by atoms with E-state index in [1.807, 2.05) is 36.4 Å². The SMILES string of the molecule is Cn1nc(-c2ccccc2)cc1C(=O)Nc1nc2c(s1)CCCC2. The minimum Gasteiger partial charge on any atom is -0.296 e. The monoisotopic (exact) mass is 338 g/mol. The minimum absolute atomic E-state index is 0.168. The van der Waals surface area contributed by atoms with Gasteiger partial charge in [0.2, 0.25) is 0 Å². The van der Waals surface area contributed by atoms with E-state index in [0.29, 0.717) is 10.8 Å². The average molecular weight is 338 g/mol. The van der Waals surface area contributed by atoms with Crippen LogP contribution in [0.4, 0.5) is 5.13 Å². The number of hydrogen-bond acceptors (Lipinski definition) is 4. The van der Waals surface area contributed by atoms with E-state index in [9.17, 15) is 4.79 Å². The van der Waals surface area contributed by atoms with Gasteiger partial charge in [0.05, 0.1) is 11.4 Å². The van der Waals surface area contributed by atoms with Crippen molar-refractivity contribution in [1.29, 1.82) is 0 Å². The van der Waals surface area contributed by atoms with Gasteiger partial charge < -0.3 is 0 Å². The van der Waals surface area contributed by atoms with Crippen LogP contribution in [0.25, 0.3) is 11.3 Å². The summed E-state index contributed by atoms with van der Waals surface area (Å²) >= 11 is 1.59. The van der Waals surface area contributed by atoms with Gasteiger partial charge >= 0.3 is 0 Å². The molecular formula is C18H18N4OS. The Morgan fingerprint density at radius 3 is 2.79 bits per heavy atom. The Balaban J connectivity index is 1.56. The van der Waals surface area contributed by atoms with Crippen molar-refractivity contribution in [3.8, 4) is 11.3 Å². The molecule has 1 aromatic carbocycles. The Morgan fingerprint density at radius 1 is 1.21 bits per heavy atom. The molecule has 0 spiro atoms. The van der Waals surface area contributed by atoms with Crippen molar-refractivity contribution in [2.24, 2.45) is 7.05 Å². The van der Waals surface area contributed by atoms with Crippen LogP contribution in [0, 0.1) is 0 Å². The van der Waals surface area contributed by atoms with Gasteiger partial charge in [-0.15, -0.1) is 11.3 Å². The van der Waals surface area contributed by atoms with Gasteiger partial charge in [0.1, 0.15) is 5.69 Å². The van der Waals surface area contributed by atoms with Crippen LogP contribution in [0.2, 0.25) is 0 Å². The lowest BCUT2D eigenvalue weighted by Crippen LogP contribution is -2.15. The topological polar surface area (TPSA) is 59.8 Å². The molecule has 4 rings (SSSR count). The van der Waals surface area contributed by atoms with Gasteiger partial charge in [0.25, 0.3) is 5.91 Å². The number of aryl methyl sites for hydroxylation is 3. The number of carbonyl (C=O) groups is 1. The lowest BCUT2D eigenvalue weighted by atomic mass is 10.0. The molecule has 1 amide bonds. The molecule has 0 bridgehead atoms. The van der Waals surface area contributed by atoms with E-state index in [1.54, 1.807) is 23.1 Å². The van der Waals surface area contributed by atoms with Crippen LogP contribution >= 0.6 is 11.3 Å². The fourth-order valence-electron chi connectivity index (χ4n) is 3.00. The summed E-state index contributed by atoms with van der Waals surface area (Å²) in [6.07, 6.45) is 4.50. The fraction of sp³-hybridized carbons (Fsp3) is 0.278. The van der Waals surface area contributed by atoms with Crippen LogP contribution in [-0.4, -0.2) is 20.7 Å². The van der Waals surface area contributed by atoms with Crippen molar-refractivity contribution in [2.45, 2.75) is 25.7 Å². The van der Waals surface area contributed by atoms with Gasteiger partial charge in [-0.25, -0.2) is 4.98 Å². The largest absolute Gasteiger partial charge is 0.296 e. The molecular weight excluding hydrogens is 320 g/mol. The zero-order chi connectivity index (χ0) is 16.5. The second-order valence-corrected chi connectivity index (χ2v) is 7.04. The number of aromatic nitrogens is 3. The van der Waals surface area contributed by atoms with E-state index in [0.717, 1.165) is 29.8 Å². The zero-order valence-electron chi connectivity index (χ0n) is 13.5. The number of anilines is 1. The fourth-order valence-corrected chi connectivity index (χ4v) is 4.04. The molecule has 3 aromatic rings. The molecule has 0 unspecified atom stereocenters. The van der Waals surface area contributed by atoms with Crippen molar-refractivity contribution in [1.82, 2.24) is 14.8 Å². The predicted molar refractivity (Wildman–Crippen MR) is 95.4 cm³/mol. The number of nitrogens with one attached hydrogen (secondary N) is 1. The molecule has 1 aliphatic rings. The number of amides is 1. The van der Waals surface area contributed by atoms with Crippen LogP contribution in [0.1, 0.15) is 33.9 Å². The molecule has 5 nitrogen and oxygen atoms in total. The first-order valence-corrected chi connectivity index (χ1v) is 8.92. The molecule has 1 N–H and O–H groups in total. The molecule has 0 aliphatic heterocycles. The maximum Gasteiger partial charge on any atom is 0.275 e. The Kier molecular flexibility index (Phi) is 3.90. The molecule has 0 saturated carbocycles. The summed E-state index contributed by atoms with van der Waals surface area (Å²) in [4.78, 5) is 18.5. The van der Waals surface area contributed by atoms with E-state index in [1.165, 1.54) is 17.7 Å². The maximum absolute atomic E-state index is 12.6. The minimum atomic E-state index is -0.168. The lowest BCUT2D eigenvalue weighted by Gasteiger charge is -2.06. The summed E-state index contributed by atoms with van der Waals surface area (Å²) in [6, 6.07) is 11.7. The number of rotatable bonds is 3. The van der Waals surface area contributed by atoms with E-state index < -0.39 is 0 Å². The highest BCUT2D eigenvalue weighted by Gasteiger charge is 2.19. The van der Waals surface area contributed by atoms with Crippen LogP contribution < -0.4 is 5.32 Å². The molecule has 6 heteroatoms.